The molecular weight excluding hydrogens is 390 g/mol. The molecule has 0 aromatic heterocycles. The SMILES string of the molecule is CC[C@H](C)[C@H](NC(=O)CSC1=NCC(=O)N1c1ccccc1Cl)C(=O)OC. The summed E-state index contributed by atoms with van der Waals surface area (Å²) >= 11 is 7.30. The lowest BCUT2D eigenvalue weighted by Gasteiger charge is -2.22. The molecule has 0 saturated carbocycles. The summed E-state index contributed by atoms with van der Waals surface area (Å²) in [5.74, 6) is -1.07. The molecule has 2 rings (SSSR count). The summed E-state index contributed by atoms with van der Waals surface area (Å²) in [5, 5.41) is 3.53. The molecule has 146 valence electrons. The van der Waals surface area contributed by atoms with E-state index in [0.717, 1.165) is 11.8 Å². The molecule has 0 radical (unpaired) electrons. The fraction of sp³-hybridized carbons (Fsp3) is 0.444. The molecule has 7 nitrogen and oxygen atoms in total. The van der Waals surface area contributed by atoms with E-state index in [1.54, 1.807) is 24.3 Å². The van der Waals surface area contributed by atoms with E-state index in [1.165, 1.54) is 12.0 Å². The zero-order valence-electron chi connectivity index (χ0n) is 15.4. The Labute approximate surface area is 167 Å². The van der Waals surface area contributed by atoms with Crippen molar-refractivity contribution >= 4 is 52.0 Å². The maximum absolute atomic E-state index is 12.3. The highest BCUT2D eigenvalue weighted by molar-refractivity contribution is 8.14. The maximum Gasteiger partial charge on any atom is 0.328 e. The van der Waals surface area contributed by atoms with Gasteiger partial charge < -0.3 is 10.1 Å². The third kappa shape index (κ3) is 5.23. The molecule has 27 heavy (non-hydrogen) atoms. The number of amidine groups is 1. The lowest BCUT2D eigenvalue weighted by Crippen LogP contribution is -2.46. The van der Waals surface area contributed by atoms with Crippen molar-refractivity contribution in [2.24, 2.45) is 10.9 Å². The van der Waals surface area contributed by atoms with Crippen molar-refractivity contribution in [3.8, 4) is 0 Å². The lowest BCUT2D eigenvalue weighted by molar-refractivity contribution is -0.146. The van der Waals surface area contributed by atoms with Gasteiger partial charge in [0.05, 0.1) is 23.6 Å². The van der Waals surface area contributed by atoms with Crippen molar-refractivity contribution in [3.05, 3.63) is 29.3 Å². The number of anilines is 1. The van der Waals surface area contributed by atoms with Gasteiger partial charge >= 0.3 is 5.97 Å². The van der Waals surface area contributed by atoms with Crippen LogP contribution >= 0.6 is 23.4 Å². The number of nitrogens with zero attached hydrogens (tertiary/aromatic N) is 2. The number of ether oxygens (including phenoxy) is 1. The molecule has 0 saturated heterocycles. The first-order chi connectivity index (χ1) is 12.9. The summed E-state index contributed by atoms with van der Waals surface area (Å²) < 4.78 is 4.76. The fourth-order valence-corrected chi connectivity index (χ4v) is 3.55. The van der Waals surface area contributed by atoms with Gasteiger partial charge in [0.1, 0.15) is 12.6 Å². The maximum atomic E-state index is 12.3. The van der Waals surface area contributed by atoms with Gasteiger partial charge in [-0.1, -0.05) is 55.8 Å². The zero-order valence-corrected chi connectivity index (χ0v) is 17.0. The van der Waals surface area contributed by atoms with Gasteiger partial charge in [-0.25, -0.2) is 4.79 Å². The van der Waals surface area contributed by atoms with Crippen LogP contribution in [0.5, 0.6) is 0 Å². The Balaban J connectivity index is 2.02. The highest BCUT2D eigenvalue weighted by Crippen LogP contribution is 2.30. The number of thioether (sulfide) groups is 1. The number of hydrogen-bond acceptors (Lipinski definition) is 6. The monoisotopic (exact) mass is 411 g/mol. The quantitative estimate of drug-likeness (QED) is 0.696. The normalized spacial score (nSPS) is 15.9. The first-order valence-electron chi connectivity index (χ1n) is 8.51. The number of benzene rings is 1. The predicted octanol–water partition coefficient (Wildman–Crippen LogP) is 2.48. The molecule has 2 atom stereocenters. The van der Waals surface area contributed by atoms with Gasteiger partial charge in [-0.3, -0.25) is 19.5 Å². The topological polar surface area (TPSA) is 88.1 Å². The zero-order chi connectivity index (χ0) is 20.0. The van der Waals surface area contributed by atoms with Crippen LogP contribution in [0.25, 0.3) is 0 Å². The van der Waals surface area contributed by atoms with Gasteiger partial charge in [0.2, 0.25) is 5.91 Å². The number of nitrogens with one attached hydrogen (secondary N) is 1. The highest BCUT2D eigenvalue weighted by Gasteiger charge is 2.30. The van der Waals surface area contributed by atoms with E-state index in [4.69, 9.17) is 16.3 Å². The Kier molecular flexibility index (Phi) is 7.67. The van der Waals surface area contributed by atoms with Crippen LogP contribution in [0.3, 0.4) is 0 Å². The summed E-state index contributed by atoms with van der Waals surface area (Å²) in [6.07, 6.45) is 0.717. The predicted molar refractivity (Wildman–Crippen MR) is 107 cm³/mol. The standard InChI is InChI=1S/C18H22ClN3O4S/c1-4-11(2)16(17(25)26-3)21-14(23)10-27-18-20-9-15(24)22(18)13-8-6-5-7-12(13)19/h5-8,11,16H,4,9-10H2,1-3H3,(H,21,23)/t11-,16-/m0/s1. The van der Waals surface area contributed by atoms with Gasteiger partial charge in [-0.15, -0.1) is 0 Å². The van der Waals surface area contributed by atoms with E-state index in [-0.39, 0.29) is 30.0 Å². The number of rotatable bonds is 7. The van der Waals surface area contributed by atoms with Crippen molar-refractivity contribution in [1.29, 1.82) is 0 Å². The molecule has 0 fully saturated rings. The van der Waals surface area contributed by atoms with Crippen molar-refractivity contribution in [1.82, 2.24) is 5.32 Å². The van der Waals surface area contributed by atoms with Gasteiger partial charge in [0, 0.05) is 0 Å². The van der Waals surface area contributed by atoms with Crippen LogP contribution in [0.15, 0.2) is 29.3 Å². The molecule has 0 bridgehead atoms. The number of methoxy groups -OCH3 is 1. The van der Waals surface area contributed by atoms with Gasteiger partial charge in [-0.05, 0) is 18.1 Å². The molecule has 1 N–H and O–H groups in total. The molecule has 2 amide bonds. The van der Waals surface area contributed by atoms with Crippen LogP contribution in [0.2, 0.25) is 5.02 Å². The first kappa shape index (κ1) is 21.2. The summed E-state index contributed by atoms with van der Waals surface area (Å²) in [7, 11) is 1.29. The molecule has 0 unspecified atom stereocenters. The van der Waals surface area contributed by atoms with Crippen LogP contribution in [0, 0.1) is 5.92 Å². The molecule has 0 aliphatic carbocycles. The van der Waals surface area contributed by atoms with E-state index >= 15 is 0 Å². The number of carbonyl (C=O) groups is 3. The second-order valence-electron chi connectivity index (χ2n) is 6.02. The Morgan fingerprint density at radius 2 is 2.11 bits per heavy atom. The summed E-state index contributed by atoms with van der Waals surface area (Å²) in [6, 6.07) is 6.24. The van der Waals surface area contributed by atoms with E-state index in [9.17, 15) is 14.4 Å². The van der Waals surface area contributed by atoms with E-state index in [1.807, 2.05) is 13.8 Å². The highest BCUT2D eigenvalue weighted by atomic mass is 35.5. The van der Waals surface area contributed by atoms with Crippen LogP contribution in [-0.2, 0) is 19.1 Å². The smallest absolute Gasteiger partial charge is 0.328 e. The molecule has 1 heterocycles. The second kappa shape index (κ2) is 9.75. The summed E-state index contributed by atoms with van der Waals surface area (Å²) in [5.41, 5.74) is 0.528. The van der Waals surface area contributed by atoms with Gasteiger partial charge in [0.15, 0.2) is 5.17 Å². The minimum atomic E-state index is -0.708. The second-order valence-corrected chi connectivity index (χ2v) is 7.37. The average Bonchev–Trinajstić information content (AvgIpc) is 3.04. The van der Waals surface area contributed by atoms with E-state index in [2.05, 4.69) is 10.3 Å². The average molecular weight is 412 g/mol. The molecule has 1 aliphatic heterocycles. The van der Waals surface area contributed by atoms with Crippen molar-refractivity contribution in [2.45, 2.75) is 26.3 Å². The largest absolute Gasteiger partial charge is 0.467 e. The van der Waals surface area contributed by atoms with Crippen LogP contribution in [-0.4, -0.2) is 48.4 Å². The van der Waals surface area contributed by atoms with Crippen molar-refractivity contribution in [2.75, 3.05) is 24.3 Å². The van der Waals surface area contributed by atoms with E-state index < -0.39 is 12.0 Å². The number of amides is 2. The third-order valence-corrected chi connectivity index (χ3v) is 5.50. The van der Waals surface area contributed by atoms with E-state index in [0.29, 0.717) is 22.3 Å². The third-order valence-electron chi connectivity index (χ3n) is 4.20. The Hall–Kier alpha value is -2.06. The van der Waals surface area contributed by atoms with Crippen LogP contribution in [0.1, 0.15) is 20.3 Å². The van der Waals surface area contributed by atoms with Gasteiger partial charge in [-0.2, -0.15) is 0 Å². The lowest BCUT2D eigenvalue weighted by atomic mass is 9.99. The van der Waals surface area contributed by atoms with Crippen molar-refractivity contribution in [3.63, 3.8) is 0 Å². The van der Waals surface area contributed by atoms with Crippen LogP contribution < -0.4 is 10.2 Å². The first-order valence-corrected chi connectivity index (χ1v) is 9.87. The summed E-state index contributed by atoms with van der Waals surface area (Å²) in [6.45, 7) is 3.81. The van der Waals surface area contributed by atoms with Crippen molar-refractivity contribution < 1.29 is 19.1 Å². The minimum absolute atomic E-state index is 0.00678. The molecule has 9 heteroatoms. The number of hydrogen-bond donors (Lipinski definition) is 1. The number of carbonyl (C=O) groups excluding carboxylic acids is 3. The molecule has 0 spiro atoms. The molecule has 1 aromatic carbocycles. The Bertz CT molecular complexity index is 756. The Morgan fingerprint density at radius 3 is 2.74 bits per heavy atom. The van der Waals surface area contributed by atoms with Gasteiger partial charge in [0.25, 0.3) is 5.91 Å². The molecular formula is C18H22ClN3O4S. The Morgan fingerprint density at radius 1 is 1.41 bits per heavy atom. The van der Waals surface area contributed by atoms with Crippen LogP contribution in [0.4, 0.5) is 5.69 Å². The molecule has 1 aromatic rings. The fourth-order valence-electron chi connectivity index (χ4n) is 2.51. The number of aliphatic imine (C=N–C) groups is 1. The number of halogens is 1. The number of esters is 1. The number of para-hydroxylation sites is 1. The molecule has 1 aliphatic rings. The minimum Gasteiger partial charge on any atom is -0.467 e. The summed E-state index contributed by atoms with van der Waals surface area (Å²) in [4.78, 5) is 42.0.